The minimum absolute atomic E-state index is 0.118. The van der Waals surface area contributed by atoms with Gasteiger partial charge in [0.25, 0.3) is 5.91 Å². The summed E-state index contributed by atoms with van der Waals surface area (Å²) in [6.45, 7) is 0.375. The number of hydrogen-bond donors (Lipinski definition) is 3. The van der Waals surface area contributed by atoms with Crippen LogP contribution in [0.4, 0.5) is 0 Å². The van der Waals surface area contributed by atoms with Gasteiger partial charge in [0.05, 0.1) is 6.20 Å². The van der Waals surface area contributed by atoms with E-state index in [2.05, 4.69) is 20.5 Å². The van der Waals surface area contributed by atoms with Gasteiger partial charge < -0.3 is 11.1 Å². The van der Waals surface area contributed by atoms with Crippen molar-refractivity contribution in [3.63, 3.8) is 0 Å². The first-order valence-electron chi connectivity index (χ1n) is 6.22. The number of rotatable bonds is 3. The van der Waals surface area contributed by atoms with Gasteiger partial charge in [-0.25, -0.2) is 4.98 Å². The maximum Gasteiger partial charge on any atom is 0.270 e. The number of fused-ring (bicyclic) bond motifs is 1. The van der Waals surface area contributed by atoms with Gasteiger partial charge in [-0.3, -0.25) is 9.89 Å². The summed E-state index contributed by atoms with van der Waals surface area (Å²) in [5.41, 5.74) is 8.33. The molecule has 19 heavy (non-hydrogen) atoms. The number of hydrogen-bond acceptors (Lipinski definition) is 5. The van der Waals surface area contributed by atoms with Gasteiger partial charge in [-0.1, -0.05) is 0 Å². The van der Waals surface area contributed by atoms with E-state index in [-0.39, 0.29) is 11.9 Å². The average molecular weight is 277 g/mol. The van der Waals surface area contributed by atoms with Crippen molar-refractivity contribution in [2.24, 2.45) is 5.73 Å². The second-order valence-electron chi connectivity index (χ2n) is 4.62. The molecule has 2 heterocycles. The summed E-state index contributed by atoms with van der Waals surface area (Å²) in [7, 11) is 0. The first kappa shape index (κ1) is 12.3. The average Bonchev–Trinajstić information content (AvgIpc) is 3.06. The third-order valence-electron chi connectivity index (χ3n) is 3.31. The fourth-order valence-corrected chi connectivity index (χ4v) is 2.96. The summed E-state index contributed by atoms with van der Waals surface area (Å²) in [6, 6.07) is 0.153. The van der Waals surface area contributed by atoms with Crippen LogP contribution in [0.5, 0.6) is 0 Å². The third-order valence-corrected chi connectivity index (χ3v) is 4.18. The van der Waals surface area contributed by atoms with Crippen LogP contribution in [-0.4, -0.2) is 27.1 Å². The van der Waals surface area contributed by atoms with Crippen molar-refractivity contribution in [1.29, 1.82) is 0 Å². The minimum atomic E-state index is -0.118. The minimum Gasteiger partial charge on any atom is -0.348 e. The molecule has 0 aromatic carbocycles. The summed E-state index contributed by atoms with van der Waals surface area (Å²) in [5.74, 6) is -0.118. The van der Waals surface area contributed by atoms with E-state index in [0.29, 0.717) is 12.2 Å². The van der Waals surface area contributed by atoms with Crippen molar-refractivity contribution >= 4 is 17.2 Å². The Bertz CT molecular complexity index is 590. The third kappa shape index (κ3) is 2.52. The van der Waals surface area contributed by atoms with Gasteiger partial charge in [0, 0.05) is 23.7 Å². The number of amides is 1. The molecular formula is C12H15N5OS. The van der Waals surface area contributed by atoms with Crippen molar-refractivity contribution in [2.75, 3.05) is 0 Å². The lowest BCUT2D eigenvalue weighted by atomic mass is 9.93. The maximum atomic E-state index is 12.1. The largest absolute Gasteiger partial charge is 0.348 e. The molecule has 4 N–H and O–H groups in total. The molecule has 7 heteroatoms. The van der Waals surface area contributed by atoms with E-state index in [0.717, 1.165) is 24.3 Å². The molecule has 1 aliphatic carbocycles. The molecule has 0 saturated heterocycles. The monoisotopic (exact) mass is 277 g/mol. The Morgan fingerprint density at radius 3 is 3.32 bits per heavy atom. The zero-order valence-corrected chi connectivity index (χ0v) is 11.2. The van der Waals surface area contributed by atoms with Gasteiger partial charge in [0.2, 0.25) is 0 Å². The summed E-state index contributed by atoms with van der Waals surface area (Å²) >= 11 is 1.42. The van der Waals surface area contributed by atoms with Crippen LogP contribution in [0.1, 0.15) is 33.2 Å². The van der Waals surface area contributed by atoms with Gasteiger partial charge in [0.15, 0.2) is 0 Å². The molecule has 2 aromatic heterocycles. The van der Waals surface area contributed by atoms with Gasteiger partial charge in [0.1, 0.15) is 10.7 Å². The van der Waals surface area contributed by atoms with Crippen LogP contribution in [0.2, 0.25) is 0 Å². The van der Waals surface area contributed by atoms with Crippen LogP contribution in [-0.2, 0) is 19.4 Å². The molecule has 0 aliphatic heterocycles. The number of nitrogens with one attached hydrogen (secondary N) is 2. The van der Waals surface area contributed by atoms with E-state index in [9.17, 15) is 4.79 Å². The number of aromatic nitrogens is 3. The van der Waals surface area contributed by atoms with Crippen LogP contribution >= 0.6 is 11.3 Å². The molecule has 0 unspecified atom stereocenters. The maximum absolute atomic E-state index is 12.1. The van der Waals surface area contributed by atoms with Crippen LogP contribution in [0.3, 0.4) is 0 Å². The van der Waals surface area contributed by atoms with E-state index >= 15 is 0 Å². The SMILES string of the molecule is NCc1nc(C(=O)N[C@H]2CCc3[nH]ncc3C2)cs1. The quantitative estimate of drug-likeness (QED) is 0.766. The van der Waals surface area contributed by atoms with E-state index in [4.69, 9.17) is 5.73 Å². The number of H-pyrrole nitrogens is 1. The fourth-order valence-electron chi connectivity index (χ4n) is 2.31. The summed E-state index contributed by atoms with van der Waals surface area (Å²) in [6.07, 6.45) is 4.51. The van der Waals surface area contributed by atoms with Crippen molar-refractivity contribution in [1.82, 2.24) is 20.5 Å². The second kappa shape index (κ2) is 5.10. The molecule has 6 nitrogen and oxygen atoms in total. The smallest absolute Gasteiger partial charge is 0.270 e. The molecule has 2 aromatic rings. The van der Waals surface area contributed by atoms with Gasteiger partial charge in [-0.2, -0.15) is 5.10 Å². The molecule has 100 valence electrons. The van der Waals surface area contributed by atoms with E-state index in [1.54, 1.807) is 5.38 Å². The number of carbonyl (C=O) groups excluding carboxylic acids is 1. The van der Waals surface area contributed by atoms with Crippen molar-refractivity contribution in [3.05, 3.63) is 33.5 Å². The Labute approximate surface area is 114 Å². The van der Waals surface area contributed by atoms with Crippen molar-refractivity contribution < 1.29 is 4.79 Å². The highest BCUT2D eigenvalue weighted by Crippen LogP contribution is 2.19. The van der Waals surface area contributed by atoms with Crippen LogP contribution < -0.4 is 11.1 Å². The van der Waals surface area contributed by atoms with Crippen LogP contribution in [0, 0.1) is 0 Å². The summed E-state index contributed by atoms with van der Waals surface area (Å²) in [5, 5.41) is 12.6. The molecule has 3 rings (SSSR count). The molecule has 1 aliphatic rings. The zero-order chi connectivity index (χ0) is 13.2. The number of nitrogens with zero attached hydrogens (tertiary/aromatic N) is 2. The molecule has 1 amide bonds. The predicted octanol–water partition coefficient (Wildman–Crippen LogP) is 0.612. The predicted molar refractivity (Wildman–Crippen MR) is 71.9 cm³/mol. The van der Waals surface area contributed by atoms with Crippen LogP contribution in [0.25, 0.3) is 0 Å². The molecule has 0 fully saturated rings. The Morgan fingerprint density at radius 1 is 1.63 bits per heavy atom. The fraction of sp³-hybridized carbons (Fsp3) is 0.417. The molecule has 0 radical (unpaired) electrons. The summed E-state index contributed by atoms with van der Waals surface area (Å²) < 4.78 is 0. The highest BCUT2D eigenvalue weighted by Gasteiger charge is 2.22. The molecular weight excluding hydrogens is 262 g/mol. The van der Waals surface area contributed by atoms with Crippen LogP contribution in [0.15, 0.2) is 11.6 Å². The molecule has 0 bridgehead atoms. The molecule has 0 spiro atoms. The van der Waals surface area contributed by atoms with E-state index in [1.807, 2.05) is 6.20 Å². The van der Waals surface area contributed by atoms with Gasteiger partial charge in [-0.05, 0) is 24.8 Å². The Hall–Kier alpha value is -1.73. The Kier molecular flexibility index (Phi) is 3.31. The van der Waals surface area contributed by atoms with E-state index < -0.39 is 0 Å². The topological polar surface area (TPSA) is 96.7 Å². The first-order valence-corrected chi connectivity index (χ1v) is 7.10. The lowest BCUT2D eigenvalue weighted by Crippen LogP contribution is -2.38. The van der Waals surface area contributed by atoms with Gasteiger partial charge >= 0.3 is 0 Å². The number of thiazole rings is 1. The number of aryl methyl sites for hydroxylation is 1. The highest BCUT2D eigenvalue weighted by molar-refractivity contribution is 7.09. The number of aromatic amines is 1. The normalized spacial score (nSPS) is 18.1. The number of nitrogens with two attached hydrogens (primary N) is 1. The van der Waals surface area contributed by atoms with Crippen molar-refractivity contribution in [3.8, 4) is 0 Å². The molecule has 0 saturated carbocycles. The Balaban J connectivity index is 1.64. The Morgan fingerprint density at radius 2 is 2.53 bits per heavy atom. The highest BCUT2D eigenvalue weighted by atomic mass is 32.1. The lowest BCUT2D eigenvalue weighted by molar-refractivity contribution is 0.0929. The lowest BCUT2D eigenvalue weighted by Gasteiger charge is -2.22. The standard InChI is InChI=1S/C12H15N5OS/c13-4-11-16-10(6-19-11)12(18)15-8-1-2-9-7(3-8)5-14-17-9/h5-6,8H,1-4,13H2,(H,14,17)(H,15,18)/t8-/m0/s1. The van der Waals surface area contributed by atoms with E-state index in [1.165, 1.54) is 22.6 Å². The number of carbonyl (C=O) groups is 1. The first-order chi connectivity index (χ1) is 9.26. The molecule has 1 atom stereocenters. The second-order valence-corrected chi connectivity index (χ2v) is 5.56. The van der Waals surface area contributed by atoms with Gasteiger partial charge in [-0.15, -0.1) is 11.3 Å². The summed E-state index contributed by atoms with van der Waals surface area (Å²) in [4.78, 5) is 16.3. The van der Waals surface area contributed by atoms with Crippen molar-refractivity contribution in [2.45, 2.75) is 31.8 Å². The zero-order valence-electron chi connectivity index (χ0n) is 10.3.